The number of benzene rings is 1. The molecule has 0 saturated heterocycles. The van der Waals surface area contributed by atoms with Crippen LogP contribution < -0.4 is 0 Å². The lowest BCUT2D eigenvalue weighted by Gasteiger charge is -2.06. The van der Waals surface area contributed by atoms with Crippen molar-refractivity contribution in [3.8, 4) is 11.3 Å². The number of carbonyl (C=O) groups is 1. The number of halogens is 1. The van der Waals surface area contributed by atoms with Crippen molar-refractivity contribution in [2.45, 2.75) is 38.5 Å². The van der Waals surface area contributed by atoms with Crippen molar-refractivity contribution in [1.29, 1.82) is 0 Å². The summed E-state index contributed by atoms with van der Waals surface area (Å²) in [5, 5.41) is 13.5. The van der Waals surface area contributed by atoms with Crippen LogP contribution in [0.2, 0.25) is 0 Å². The molecule has 2 aromatic rings. The number of hydrogen-bond donors (Lipinski definition) is 1. The number of aromatic carboxylic acids is 1. The molecule has 0 bridgehead atoms. The van der Waals surface area contributed by atoms with Gasteiger partial charge in [0, 0.05) is 11.5 Å². The molecule has 1 aromatic carbocycles. The van der Waals surface area contributed by atoms with Crippen molar-refractivity contribution < 1.29 is 18.8 Å². The molecule has 1 saturated carbocycles. The van der Waals surface area contributed by atoms with Gasteiger partial charge in [-0.1, -0.05) is 18.0 Å². The third-order valence-corrected chi connectivity index (χ3v) is 4.10. The maximum Gasteiger partial charge on any atom is 0.341 e. The Hall–Kier alpha value is -2.17. The smallest absolute Gasteiger partial charge is 0.341 e. The molecule has 0 spiro atoms. The lowest BCUT2D eigenvalue weighted by molar-refractivity contribution is 0.0694. The largest absolute Gasteiger partial charge is 0.477 e. The van der Waals surface area contributed by atoms with E-state index >= 15 is 0 Å². The molecule has 21 heavy (non-hydrogen) atoms. The van der Waals surface area contributed by atoms with E-state index in [1.54, 1.807) is 13.0 Å². The maximum atomic E-state index is 13.2. The van der Waals surface area contributed by atoms with Gasteiger partial charge in [0.05, 0.1) is 0 Å². The lowest BCUT2D eigenvalue weighted by Crippen LogP contribution is -2.04. The molecule has 0 aliphatic heterocycles. The molecule has 0 amide bonds. The third kappa shape index (κ3) is 2.44. The van der Waals surface area contributed by atoms with Crippen molar-refractivity contribution in [3.63, 3.8) is 0 Å². The highest BCUT2D eigenvalue weighted by Crippen LogP contribution is 2.39. The second-order valence-corrected chi connectivity index (χ2v) is 5.52. The van der Waals surface area contributed by atoms with Gasteiger partial charge >= 0.3 is 5.97 Å². The summed E-state index contributed by atoms with van der Waals surface area (Å²) in [5.74, 6) is -0.818. The van der Waals surface area contributed by atoms with Crippen LogP contribution in [0, 0.1) is 12.7 Å². The zero-order valence-electron chi connectivity index (χ0n) is 11.7. The number of nitrogens with zero attached hydrogens (tertiary/aromatic N) is 1. The first kappa shape index (κ1) is 13.8. The monoisotopic (exact) mass is 289 g/mol. The predicted octanol–water partition coefficient (Wildman–Crippen LogP) is 4.14. The molecule has 0 radical (unpaired) electrons. The maximum absolute atomic E-state index is 13.2. The van der Waals surface area contributed by atoms with Crippen LogP contribution in [0.3, 0.4) is 0 Å². The molecule has 4 nitrogen and oxygen atoms in total. The van der Waals surface area contributed by atoms with Crippen LogP contribution in [0.25, 0.3) is 11.3 Å². The van der Waals surface area contributed by atoms with E-state index in [0.717, 1.165) is 25.7 Å². The molecule has 0 atom stereocenters. The standard InChI is InChI=1S/C16H16FNO3/c1-9-8-11(17)6-7-12(9)14-13(16(19)20)15(21-18-14)10-4-2-3-5-10/h6-8,10H,2-5H2,1H3,(H,19,20). The van der Waals surface area contributed by atoms with Crippen molar-refractivity contribution in [2.75, 3.05) is 0 Å². The van der Waals surface area contributed by atoms with E-state index in [0.29, 0.717) is 22.6 Å². The number of hydrogen-bond acceptors (Lipinski definition) is 3. The Bertz CT molecular complexity index is 687. The summed E-state index contributed by atoms with van der Waals surface area (Å²) < 4.78 is 18.6. The normalized spacial score (nSPS) is 15.5. The van der Waals surface area contributed by atoms with Crippen LogP contribution in [-0.2, 0) is 0 Å². The van der Waals surface area contributed by atoms with Gasteiger partial charge in [-0.3, -0.25) is 0 Å². The Balaban J connectivity index is 2.12. The van der Waals surface area contributed by atoms with Gasteiger partial charge in [-0.05, 0) is 43.5 Å². The van der Waals surface area contributed by atoms with Crippen LogP contribution in [0.15, 0.2) is 22.7 Å². The van der Waals surface area contributed by atoms with E-state index in [2.05, 4.69) is 5.16 Å². The number of rotatable bonds is 3. The molecule has 1 heterocycles. The van der Waals surface area contributed by atoms with Crippen LogP contribution >= 0.6 is 0 Å². The Kier molecular flexibility index (Phi) is 3.49. The first-order chi connectivity index (χ1) is 10.1. The van der Waals surface area contributed by atoms with Crippen molar-refractivity contribution in [2.24, 2.45) is 0 Å². The van der Waals surface area contributed by atoms with Crippen LogP contribution in [-0.4, -0.2) is 16.2 Å². The Labute approximate surface area is 121 Å². The molecule has 3 rings (SSSR count). The van der Waals surface area contributed by atoms with Crippen molar-refractivity contribution in [1.82, 2.24) is 5.16 Å². The number of carboxylic acids is 1. The van der Waals surface area contributed by atoms with Gasteiger partial charge in [0.2, 0.25) is 0 Å². The molecule has 1 fully saturated rings. The minimum absolute atomic E-state index is 0.122. The lowest BCUT2D eigenvalue weighted by atomic mass is 9.96. The van der Waals surface area contributed by atoms with Gasteiger partial charge in [-0.25, -0.2) is 9.18 Å². The van der Waals surface area contributed by atoms with E-state index in [1.807, 2.05) is 0 Å². The average molecular weight is 289 g/mol. The second-order valence-electron chi connectivity index (χ2n) is 5.52. The number of carboxylic acid groups (broad SMARTS) is 1. The molecule has 1 N–H and O–H groups in total. The molecule has 5 heteroatoms. The Morgan fingerprint density at radius 1 is 1.38 bits per heavy atom. The van der Waals surface area contributed by atoms with E-state index in [9.17, 15) is 14.3 Å². The molecule has 1 aromatic heterocycles. The predicted molar refractivity (Wildman–Crippen MR) is 74.8 cm³/mol. The minimum Gasteiger partial charge on any atom is -0.477 e. The Morgan fingerprint density at radius 2 is 2.10 bits per heavy atom. The fourth-order valence-electron chi connectivity index (χ4n) is 3.05. The molecule has 1 aliphatic rings. The first-order valence-electron chi connectivity index (χ1n) is 7.07. The number of aryl methyl sites for hydroxylation is 1. The van der Waals surface area contributed by atoms with Gasteiger partial charge in [0.1, 0.15) is 17.1 Å². The van der Waals surface area contributed by atoms with E-state index in [-0.39, 0.29) is 17.3 Å². The van der Waals surface area contributed by atoms with Crippen molar-refractivity contribution in [3.05, 3.63) is 40.9 Å². The van der Waals surface area contributed by atoms with Gasteiger partial charge in [-0.2, -0.15) is 0 Å². The average Bonchev–Trinajstić information content (AvgIpc) is 3.07. The molecule has 110 valence electrons. The summed E-state index contributed by atoms with van der Waals surface area (Å²) in [6.07, 6.45) is 4.01. The summed E-state index contributed by atoms with van der Waals surface area (Å²) in [5.41, 5.74) is 1.66. The van der Waals surface area contributed by atoms with Crippen LogP contribution in [0.5, 0.6) is 0 Å². The van der Waals surface area contributed by atoms with E-state index < -0.39 is 5.97 Å². The Morgan fingerprint density at radius 3 is 2.71 bits per heavy atom. The quantitative estimate of drug-likeness (QED) is 0.922. The topological polar surface area (TPSA) is 63.3 Å². The number of aromatic nitrogens is 1. The fourth-order valence-corrected chi connectivity index (χ4v) is 3.05. The third-order valence-electron chi connectivity index (χ3n) is 4.10. The highest BCUT2D eigenvalue weighted by Gasteiger charge is 2.31. The zero-order valence-corrected chi connectivity index (χ0v) is 11.7. The molecular formula is C16H16FNO3. The minimum atomic E-state index is -1.04. The van der Waals surface area contributed by atoms with Gasteiger partial charge in [-0.15, -0.1) is 0 Å². The highest BCUT2D eigenvalue weighted by molar-refractivity contribution is 5.96. The van der Waals surface area contributed by atoms with Crippen molar-refractivity contribution >= 4 is 5.97 Å². The second kappa shape index (κ2) is 5.31. The van der Waals surface area contributed by atoms with Gasteiger partial charge in [0.15, 0.2) is 5.76 Å². The summed E-state index contributed by atoms with van der Waals surface area (Å²) in [6.45, 7) is 1.73. The van der Waals surface area contributed by atoms with E-state index in [1.165, 1.54) is 12.1 Å². The summed E-state index contributed by atoms with van der Waals surface area (Å²) >= 11 is 0. The summed E-state index contributed by atoms with van der Waals surface area (Å²) in [6, 6.07) is 4.22. The van der Waals surface area contributed by atoms with Gasteiger partial charge < -0.3 is 9.63 Å². The molecular weight excluding hydrogens is 273 g/mol. The van der Waals surface area contributed by atoms with Gasteiger partial charge in [0.25, 0.3) is 0 Å². The van der Waals surface area contributed by atoms with E-state index in [4.69, 9.17) is 4.52 Å². The molecule has 1 aliphatic carbocycles. The highest BCUT2D eigenvalue weighted by atomic mass is 19.1. The summed E-state index contributed by atoms with van der Waals surface area (Å²) in [4.78, 5) is 11.6. The van der Waals surface area contributed by atoms with Crippen LogP contribution in [0.4, 0.5) is 4.39 Å². The zero-order chi connectivity index (χ0) is 15.0. The summed E-state index contributed by atoms with van der Waals surface area (Å²) in [7, 11) is 0. The van der Waals surface area contributed by atoms with Crippen LogP contribution in [0.1, 0.15) is 53.3 Å². The molecule has 0 unspecified atom stereocenters. The SMILES string of the molecule is Cc1cc(F)ccc1-c1noc(C2CCCC2)c1C(=O)O. The fraction of sp³-hybridized carbons (Fsp3) is 0.375. The first-order valence-corrected chi connectivity index (χ1v) is 7.07.